The first-order chi connectivity index (χ1) is 18.8. The number of hydrogen-bond donors (Lipinski definition) is 0. The molecule has 0 saturated carbocycles. The molecule has 0 aromatic rings. The van der Waals surface area contributed by atoms with E-state index in [1.165, 1.54) is 38.5 Å². The van der Waals surface area contributed by atoms with Gasteiger partial charge in [-0.3, -0.25) is 19.2 Å². The summed E-state index contributed by atoms with van der Waals surface area (Å²) in [5.74, 6) is -0.727. The molecular weight excluding hydrogens is 494 g/mol. The highest BCUT2D eigenvalue weighted by Crippen LogP contribution is 2.27. The number of hydrogen-bond acceptors (Lipinski definition) is 6. The van der Waals surface area contributed by atoms with Crippen molar-refractivity contribution in [2.45, 2.75) is 162 Å². The maximum absolute atomic E-state index is 12.9. The van der Waals surface area contributed by atoms with Gasteiger partial charge in [0.25, 0.3) is 0 Å². The molecule has 1 rings (SSSR count). The number of amides is 1. The summed E-state index contributed by atoms with van der Waals surface area (Å²) < 4.78 is 11.0. The maximum Gasteiger partial charge on any atom is 0.305 e. The lowest BCUT2D eigenvalue weighted by atomic mass is 9.99. The lowest BCUT2D eigenvalue weighted by molar-refractivity contribution is -0.150. The summed E-state index contributed by atoms with van der Waals surface area (Å²) in [5.41, 5.74) is 0. The number of esters is 2. The molecule has 0 aromatic heterocycles. The van der Waals surface area contributed by atoms with Gasteiger partial charge >= 0.3 is 11.9 Å². The maximum atomic E-state index is 12.9. The first kappa shape index (κ1) is 35.1. The van der Waals surface area contributed by atoms with E-state index in [-0.39, 0.29) is 61.3 Å². The lowest BCUT2D eigenvalue weighted by Crippen LogP contribution is -2.38. The third-order valence-electron chi connectivity index (χ3n) is 7.85. The van der Waals surface area contributed by atoms with Gasteiger partial charge in [0.05, 0.1) is 13.2 Å². The van der Waals surface area contributed by atoms with Gasteiger partial charge in [0.2, 0.25) is 5.91 Å². The molecule has 1 saturated heterocycles. The molecule has 1 aliphatic heterocycles. The summed E-state index contributed by atoms with van der Waals surface area (Å²) in [4.78, 5) is 51.4. The van der Waals surface area contributed by atoms with E-state index in [0.717, 1.165) is 51.4 Å². The van der Waals surface area contributed by atoms with Gasteiger partial charge in [0, 0.05) is 50.6 Å². The van der Waals surface area contributed by atoms with Crippen molar-refractivity contribution in [2.75, 3.05) is 13.2 Å². The first-order valence-electron chi connectivity index (χ1n) is 15.9. The molecule has 0 radical (unpaired) electrons. The SMILES string of the molecule is CCCCCCCCC(=O)OCC(COC(=O)CCCCCCCC)CC(=O)CCC1CCC(C)N1C(C)=O. The summed E-state index contributed by atoms with van der Waals surface area (Å²) in [7, 11) is 0. The number of carbonyl (C=O) groups excluding carboxylic acids is 4. The van der Waals surface area contributed by atoms with Crippen LogP contribution in [0.15, 0.2) is 0 Å². The summed E-state index contributed by atoms with van der Waals surface area (Å²) >= 11 is 0. The van der Waals surface area contributed by atoms with Gasteiger partial charge in [-0.15, -0.1) is 0 Å². The Morgan fingerprint density at radius 1 is 0.718 bits per heavy atom. The predicted octanol–water partition coefficient (Wildman–Crippen LogP) is 7.33. The highest BCUT2D eigenvalue weighted by Gasteiger charge is 2.32. The summed E-state index contributed by atoms with van der Waals surface area (Å²) in [6.07, 6.45) is 17.0. The molecule has 2 unspecified atom stereocenters. The number of carbonyl (C=O) groups is 4. The van der Waals surface area contributed by atoms with Crippen molar-refractivity contribution in [1.82, 2.24) is 4.90 Å². The predicted molar refractivity (Wildman–Crippen MR) is 155 cm³/mol. The van der Waals surface area contributed by atoms with E-state index >= 15 is 0 Å². The Hall–Kier alpha value is -1.92. The van der Waals surface area contributed by atoms with E-state index in [9.17, 15) is 19.2 Å². The van der Waals surface area contributed by atoms with Crippen LogP contribution in [0.3, 0.4) is 0 Å². The molecule has 0 aromatic carbocycles. The molecule has 0 bridgehead atoms. The monoisotopic (exact) mass is 551 g/mol. The van der Waals surface area contributed by atoms with Gasteiger partial charge in [-0.2, -0.15) is 0 Å². The van der Waals surface area contributed by atoms with Crippen molar-refractivity contribution in [1.29, 1.82) is 0 Å². The van der Waals surface area contributed by atoms with Gasteiger partial charge in [0.1, 0.15) is 5.78 Å². The van der Waals surface area contributed by atoms with Crippen molar-refractivity contribution in [2.24, 2.45) is 5.92 Å². The van der Waals surface area contributed by atoms with Crippen LogP contribution < -0.4 is 0 Å². The zero-order valence-electron chi connectivity index (χ0n) is 25.5. The normalized spacial score (nSPS) is 17.0. The second-order valence-corrected chi connectivity index (χ2v) is 11.6. The van der Waals surface area contributed by atoms with Crippen LogP contribution >= 0.6 is 0 Å². The molecule has 39 heavy (non-hydrogen) atoms. The van der Waals surface area contributed by atoms with Crippen molar-refractivity contribution in [3.63, 3.8) is 0 Å². The molecule has 0 aliphatic carbocycles. The smallest absolute Gasteiger partial charge is 0.305 e. The minimum absolute atomic E-state index is 0.0574. The average molecular weight is 552 g/mol. The van der Waals surface area contributed by atoms with Crippen molar-refractivity contribution >= 4 is 23.6 Å². The van der Waals surface area contributed by atoms with Gasteiger partial charge in [-0.1, -0.05) is 78.1 Å². The number of rotatable bonds is 23. The highest BCUT2D eigenvalue weighted by molar-refractivity contribution is 5.79. The number of unbranched alkanes of at least 4 members (excludes halogenated alkanes) is 10. The molecule has 1 aliphatic rings. The number of nitrogens with zero attached hydrogens (tertiary/aromatic N) is 1. The van der Waals surface area contributed by atoms with Crippen LogP contribution in [0.4, 0.5) is 0 Å². The fraction of sp³-hybridized carbons (Fsp3) is 0.875. The van der Waals surface area contributed by atoms with Crippen LogP contribution in [0.1, 0.15) is 150 Å². The molecule has 1 amide bonds. The average Bonchev–Trinajstić information content (AvgIpc) is 3.28. The lowest BCUT2D eigenvalue weighted by Gasteiger charge is -2.27. The molecule has 0 spiro atoms. The van der Waals surface area contributed by atoms with E-state index < -0.39 is 0 Å². The Kier molecular flexibility index (Phi) is 19.7. The second-order valence-electron chi connectivity index (χ2n) is 11.6. The highest BCUT2D eigenvalue weighted by atomic mass is 16.5. The van der Waals surface area contributed by atoms with Gasteiger partial charge in [-0.05, 0) is 39.0 Å². The fourth-order valence-electron chi connectivity index (χ4n) is 5.51. The Bertz CT molecular complexity index is 677. The van der Waals surface area contributed by atoms with Crippen molar-refractivity contribution < 1.29 is 28.7 Å². The molecule has 0 N–H and O–H groups in total. The zero-order chi connectivity index (χ0) is 28.9. The van der Waals surface area contributed by atoms with Gasteiger partial charge < -0.3 is 14.4 Å². The van der Waals surface area contributed by atoms with Crippen molar-refractivity contribution in [3.8, 4) is 0 Å². The topological polar surface area (TPSA) is 90.0 Å². The Labute approximate surface area is 238 Å². The number of Topliss-reactive ketones (excluding diaryl/α,β-unsaturated/α-hetero) is 1. The summed E-state index contributed by atoms with van der Waals surface area (Å²) in [6, 6.07) is 0.317. The van der Waals surface area contributed by atoms with Crippen LogP contribution in [0.25, 0.3) is 0 Å². The fourth-order valence-corrected chi connectivity index (χ4v) is 5.51. The quantitative estimate of drug-likeness (QED) is 0.0975. The third-order valence-corrected chi connectivity index (χ3v) is 7.85. The summed E-state index contributed by atoms with van der Waals surface area (Å²) in [5, 5.41) is 0. The standard InChI is InChI=1S/C32H57NO6/c1-5-7-9-11-13-15-17-31(36)38-24-28(25-39-32(37)18-16-14-12-10-8-6-2)23-30(35)22-21-29-20-19-26(3)33(29)27(4)34/h26,28-29H,5-25H2,1-4H3. The molecular formula is C32H57NO6. The van der Waals surface area contributed by atoms with Gasteiger partial charge in [-0.25, -0.2) is 0 Å². The Morgan fingerprint density at radius 3 is 1.69 bits per heavy atom. The number of ether oxygens (including phenoxy) is 2. The van der Waals surface area contributed by atoms with E-state index in [1.54, 1.807) is 6.92 Å². The molecule has 2 atom stereocenters. The zero-order valence-corrected chi connectivity index (χ0v) is 25.5. The van der Waals surface area contributed by atoms with Gasteiger partial charge in [0.15, 0.2) is 0 Å². The van der Waals surface area contributed by atoms with Crippen LogP contribution in [0, 0.1) is 5.92 Å². The van der Waals surface area contributed by atoms with Crippen LogP contribution in [-0.4, -0.2) is 53.8 Å². The van der Waals surface area contributed by atoms with E-state index in [1.807, 2.05) is 4.90 Å². The minimum atomic E-state index is -0.342. The third kappa shape index (κ3) is 16.7. The van der Waals surface area contributed by atoms with E-state index in [2.05, 4.69) is 20.8 Å². The van der Waals surface area contributed by atoms with E-state index in [4.69, 9.17) is 9.47 Å². The summed E-state index contributed by atoms with van der Waals surface area (Å²) in [6.45, 7) is 8.18. The van der Waals surface area contributed by atoms with Crippen LogP contribution in [0.2, 0.25) is 0 Å². The van der Waals surface area contributed by atoms with Crippen molar-refractivity contribution in [3.05, 3.63) is 0 Å². The largest absolute Gasteiger partial charge is 0.465 e. The molecule has 1 fully saturated rings. The first-order valence-corrected chi connectivity index (χ1v) is 15.9. The molecule has 7 nitrogen and oxygen atoms in total. The number of likely N-dealkylation sites (tertiary alicyclic amines) is 1. The van der Waals surface area contributed by atoms with Crippen LogP contribution in [0.5, 0.6) is 0 Å². The molecule has 226 valence electrons. The van der Waals surface area contributed by atoms with Crippen LogP contribution in [-0.2, 0) is 28.7 Å². The van der Waals surface area contributed by atoms with E-state index in [0.29, 0.717) is 25.7 Å². The molecule has 1 heterocycles. The second kappa shape index (κ2) is 21.8. The Morgan fingerprint density at radius 2 is 1.21 bits per heavy atom. The number of ketones is 1. The minimum Gasteiger partial charge on any atom is -0.465 e. The molecule has 7 heteroatoms. The Balaban J connectivity index is 2.49.